The summed E-state index contributed by atoms with van der Waals surface area (Å²) in [5.74, 6) is -0.738. The third kappa shape index (κ3) is 5.07. The summed E-state index contributed by atoms with van der Waals surface area (Å²) in [5.41, 5.74) is -0.961. The summed E-state index contributed by atoms with van der Waals surface area (Å²) in [7, 11) is 0. The Labute approximate surface area is 118 Å². The van der Waals surface area contributed by atoms with Gasteiger partial charge in [0.1, 0.15) is 0 Å². The number of aliphatic carboxylic acids is 1. The van der Waals surface area contributed by atoms with Crippen LogP contribution in [0.1, 0.15) is 33.1 Å². The number of carboxylic acids is 1. The smallest absolute Gasteiger partial charge is 0.314 e. The molecule has 7 heteroatoms. The van der Waals surface area contributed by atoms with E-state index in [1.807, 2.05) is 0 Å². The lowest BCUT2D eigenvalue weighted by molar-refractivity contribution is -0.147. The average molecular weight is 285 g/mol. The van der Waals surface area contributed by atoms with Gasteiger partial charge >= 0.3 is 12.0 Å². The Morgan fingerprint density at radius 3 is 2.25 bits per heavy atom. The van der Waals surface area contributed by atoms with Gasteiger partial charge in [0.15, 0.2) is 0 Å². The highest BCUT2D eigenvalue weighted by Gasteiger charge is 2.31. The van der Waals surface area contributed by atoms with E-state index in [-0.39, 0.29) is 18.4 Å². The van der Waals surface area contributed by atoms with Gasteiger partial charge in [-0.15, -0.1) is 0 Å². The predicted octanol–water partition coefficient (Wildman–Crippen LogP) is 0.313. The third-order valence-electron chi connectivity index (χ3n) is 3.59. The van der Waals surface area contributed by atoms with Gasteiger partial charge in [0.25, 0.3) is 0 Å². The van der Waals surface area contributed by atoms with Crippen LogP contribution in [0.25, 0.3) is 0 Å². The Morgan fingerprint density at radius 1 is 1.15 bits per heavy atom. The molecule has 0 aromatic heterocycles. The summed E-state index contributed by atoms with van der Waals surface area (Å²) in [6.07, 6.45) is 2.33. The van der Waals surface area contributed by atoms with Crippen molar-refractivity contribution in [2.45, 2.75) is 33.1 Å². The van der Waals surface area contributed by atoms with E-state index in [9.17, 15) is 14.4 Å². The summed E-state index contributed by atoms with van der Waals surface area (Å²) >= 11 is 0. The first kappa shape index (κ1) is 16.3. The molecule has 114 valence electrons. The number of carbonyl (C=O) groups is 3. The van der Waals surface area contributed by atoms with Crippen molar-refractivity contribution >= 4 is 17.9 Å². The molecule has 0 saturated heterocycles. The van der Waals surface area contributed by atoms with Gasteiger partial charge in [0.05, 0.1) is 5.41 Å². The topological polar surface area (TPSA) is 108 Å². The number of carboxylic acid groups (broad SMARTS) is 1. The number of nitrogens with one attached hydrogen (secondary N) is 3. The zero-order chi connectivity index (χ0) is 15.2. The van der Waals surface area contributed by atoms with Crippen LogP contribution in [0.2, 0.25) is 0 Å². The van der Waals surface area contributed by atoms with E-state index < -0.39 is 17.4 Å². The van der Waals surface area contributed by atoms with Gasteiger partial charge in [0.2, 0.25) is 5.91 Å². The molecular weight excluding hydrogens is 262 g/mol. The van der Waals surface area contributed by atoms with Crippen molar-refractivity contribution in [1.82, 2.24) is 16.0 Å². The summed E-state index contributed by atoms with van der Waals surface area (Å²) in [6.45, 7) is 4.12. The molecule has 1 saturated carbocycles. The maximum absolute atomic E-state index is 11.5. The molecule has 1 fully saturated rings. The SMILES string of the molecule is CCC(C)(CNC(=O)NCCNC(=O)C1CC1)C(=O)O. The number of carbonyl (C=O) groups excluding carboxylic acids is 2. The molecular formula is C13H23N3O4. The second-order valence-electron chi connectivity index (χ2n) is 5.39. The Balaban J connectivity index is 2.13. The van der Waals surface area contributed by atoms with Crippen molar-refractivity contribution in [2.24, 2.45) is 11.3 Å². The minimum absolute atomic E-state index is 0.0386. The van der Waals surface area contributed by atoms with Crippen molar-refractivity contribution in [3.05, 3.63) is 0 Å². The summed E-state index contributed by atoms with van der Waals surface area (Å²) in [4.78, 5) is 33.9. The zero-order valence-electron chi connectivity index (χ0n) is 12.0. The molecule has 0 aromatic carbocycles. The Bertz CT molecular complexity index is 382. The molecule has 0 spiro atoms. The first-order valence-corrected chi connectivity index (χ1v) is 6.92. The lowest BCUT2D eigenvalue weighted by atomic mass is 9.88. The molecule has 1 unspecified atom stereocenters. The van der Waals surface area contributed by atoms with Crippen LogP contribution in [0.4, 0.5) is 4.79 Å². The molecule has 3 amide bonds. The first-order valence-electron chi connectivity index (χ1n) is 6.92. The molecule has 20 heavy (non-hydrogen) atoms. The predicted molar refractivity (Wildman–Crippen MR) is 73.2 cm³/mol. The van der Waals surface area contributed by atoms with Crippen molar-refractivity contribution < 1.29 is 19.5 Å². The molecule has 0 aromatic rings. The fraction of sp³-hybridized carbons (Fsp3) is 0.769. The highest BCUT2D eigenvalue weighted by Crippen LogP contribution is 2.28. The van der Waals surface area contributed by atoms with E-state index in [1.165, 1.54) is 0 Å². The summed E-state index contributed by atoms with van der Waals surface area (Å²) in [6, 6.07) is -0.424. The fourth-order valence-electron chi connectivity index (χ4n) is 1.54. The molecule has 4 N–H and O–H groups in total. The summed E-state index contributed by atoms with van der Waals surface area (Å²) < 4.78 is 0. The van der Waals surface area contributed by atoms with Gasteiger partial charge in [-0.25, -0.2) is 4.79 Å². The van der Waals surface area contributed by atoms with Crippen molar-refractivity contribution in [3.63, 3.8) is 0 Å². The lowest BCUT2D eigenvalue weighted by Crippen LogP contribution is -2.46. The normalized spacial score (nSPS) is 16.9. The van der Waals surface area contributed by atoms with Gasteiger partial charge in [-0.1, -0.05) is 6.92 Å². The van der Waals surface area contributed by atoms with E-state index in [4.69, 9.17) is 5.11 Å². The Hall–Kier alpha value is -1.79. The van der Waals surface area contributed by atoms with Crippen LogP contribution in [0, 0.1) is 11.3 Å². The molecule has 1 rings (SSSR count). The van der Waals surface area contributed by atoms with Crippen LogP contribution < -0.4 is 16.0 Å². The number of urea groups is 1. The standard InChI is InChI=1S/C13H23N3O4/c1-3-13(2,11(18)19)8-16-12(20)15-7-6-14-10(17)9-4-5-9/h9H,3-8H2,1-2H3,(H,14,17)(H,18,19)(H2,15,16,20). The van der Waals surface area contributed by atoms with Crippen molar-refractivity contribution in [2.75, 3.05) is 19.6 Å². The molecule has 0 heterocycles. The lowest BCUT2D eigenvalue weighted by Gasteiger charge is -2.23. The average Bonchev–Trinajstić information content (AvgIpc) is 3.24. The van der Waals surface area contributed by atoms with Gasteiger partial charge in [-0.3, -0.25) is 9.59 Å². The third-order valence-corrected chi connectivity index (χ3v) is 3.59. The molecule has 7 nitrogen and oxygen atoms in total. The molecule has 1 atom stereocenters. The number of rotatable bonds is 8. The van der Waals surface area contributed by atoms with Crippen LogP contribution in [-0.2, 0) is 9.59 Å². The molecule has 1 aliphatic rings. The van der Waals surface area contributed by atoms with E-state index in [0.29, 0.717) is 19.5 Å². The van der Waals surface area contributed by atoms with Crippen LogP contribution in [-0.4, -0.2) is 42.6 Å². The van der Waals surface area contributed by atoms with Crippen LogP contribution in [0.3, 0.4) is 0 Å². The second-order valence-corrected chi connectivity index (χ2v) is 5.39. The highest BCUT2D eigenvalue weighted by atomic mass is 16.4. The van der Waals surface area contributed by atoms with E-state index in [2.05, 4.69) is 16.0 Å². The van der Waals surface area contributed by atoms with Gasteiger partial charge in [-0.2, -0.15) is 0 Å². The largest absolute Gasteiger partial charge is 0.481 e. The van der Waals surface area contributed by atoms with Gasteiger partial charge in [-0.05, 0) is 26.2 Å². The maximum atomic E-state index is 11.5. The number of hydrogen-bond acceptors (Lipinski definition) is 3. The minimum Gasteiger partial charge on any atom is -0.481 e. The number of hydrogen-bond donors (Lipinski definition) is 4. The van der Waals surface area contributed by atoms with Crippen LogP contribution >= 0.6 is 0 Å². The highest BCUT2D eigenvalue weighted by molar-refractivity contribution is 5.81. The van der Waals surface area contributed by atoms with Crippen molar-refractivity contribution in [1.29, 1.82) is 0 Å². The van der Waals surface area contributed by atoms with Gasteiger partial charge < -0.3 is 21.1 Å². The first-order chi connectivity index (χ1) is 9.39. The van der Waals surface area contributed by atoms with E-state index in [0.717, 1.165) is 12.8 Å². The summed E-state index contributed by atoms with van der Waals surface area (Å²) in [5, 5.41) is 16.9. The van der Waals surface area contributed by atoms with Crippen LogP contribution in [0.15, 0.2) is 0 Å². The van der Waals surface area contributed by atoms with E-state index in [1.54, 1.807) is 13.8 Å². The Kier molecular flexibility index (Phi) is 5.79. The maximum Gasteiger partial charge on any atom is 0.314 e. The van der Waals surface area contributed by atoms with E-state index >= 15 is 0 Å². The molecule has 0 aliphatic heterocycles. The zero-order valence-corrected chi connectivity index (χ0v) is 12.0. The second kappa shape index (κ2) is 7.12. The minimum atomic E-state index is -0.961. The molecule has 0 radical (unpaired) electrons. The van der Waals surface area contributed by atoms with Gasteiger partial charge in [0, 0.05) is 25.6 Å². The monoisotopic (exact) mass is 285 g/mol. The van der Waals surface area contributed by atoms with Crippen LogP contribution in [0.5, 0.6) is 0 Å². The molecule has 0 bridgehead atoms. The fourth-order valence-corrected chi connectivity index (χ4v) is 1.54. The number of amides is 3. The molecule has 1 aliphatic carbocycles. The quantitative estimate of drug-likeness (QED) is 0.481. The Morgan fingerprint density at radius 2 is 1.75 bits per heavy atom. The van der Waals surface area contributed by atoms with Crippen molar-refractivity contribution in [3.8, 4) is 0 Å².